The van der Waals surface area contributed by atoms with Crippen molar-refractivity contribution in [3.8, 4) is 17.4 Å². The number of benzene rings is 2. The molecule has 27 heavy (non-hydrogen) atoms. The number of hydrogen-bond acceptors (Lipinski definition) is 4. The molecular weight excluding hydrogens is 340 g/mol. The summed E-state index contributed by atoms with van der Waals surface area (Å²) >= 11 is 0. The molecule has 0 saturated carbocycles. The molecule has 0 aliphatic carbocycles. The Morgan fingerprint density at radius 2 is 1.67 bits per heavy atom. The minimum atomic E-state index is -0.104. The lowest BCUT2D eigenvalue weighted by atomic mass is 10.1. The molecule has 0 fully saturated rings. The van der Waals surface area contributed by atoms with Gasteiger partial charge in [-0.2, -0.15) is 0 Å². The summed E-state index contributed by atoms with van der Waals surface area (Å²) in [6.07, 6.45) is 1.87. The molecule has 2 aromatic carbocycles. The summed E-state index contributed by atoms with van der Waals surface area (Å²) in [5, 5.41) is 2.84. The molecule has 138 valence electrons. The van der Waals surface area contributed by atoms with E-state index < -0.39 is 0 Å². The highest BCUT2D eigenvalue weighted by atomic mass is 16.5. The van der Waals surface area contributed by atoms with E-state index in [2.05, 4.69) is 10.3 Å². The average molecular weight is 362 g/mol. The molecule has 1 aromatic heterocycles. The van der Waals surface area contributed by atoms with Gasteiger partial charge in [-0.1, -0.05) is 29.8 Å². The van der Waals surface area contributed by atoms with E-state index >= 15 is 0 Å². The van der Waals surface area contributed by atoms with Crippen molar-refractivity contribution in [1.82, 2.24) is 4.98 Å². The van der Waals surface area contributed by atoms with E-state index in [1.165, 1.54) is 5.56 Å². The number of aryl methyl sites for hydroxylation is 1. The van der Waals surface area contributed by atoms with Gasteiger partial charge in [0.2, 0.25) is 11.8 Å². The summed E-state index contributed by atoms with van der Waals surface area (Å²) in [6, 6.07) is 18.8. The number of anilines is 1. The first-order chi connectivity index (χ1) is 13.1. The zero-order valence-corrected chi connectivity index (χ0v) is 15.4. The number of nitrogens with one attached hydrogen (secondary N) is 1. The summed E-state index contributed by atoms with van der Waals surface area (Å²) in [6.45, 7) is 4.58. The van der Waals surface area contributed by atoms with E-state index in [1.54, 1.807) is 18.3 Å². The Balaban J connectivity index is 1.54. The topological polar surface area (TPSA) is 60.5 Å². The SMILES string of the molecule is CCOc1ccc(CC(=O)Nc2ccc(Oc3ccc(C)cc3)nc2)cc1. The first-order valence-electron chi connectivity index (χ1n) is 8.84. The molecule has 0 spiro atoms. The second kappa shape index (κ2) is 8.85. The molecule has 0 atom stereocenters. The second-order valence-corrected chi connectivity index (χ2v) is 6.10. The van der Waals surface area contributed by atoms with Crippen LogP contribution in [-0.2, 0) is 11.2 Å². The molecule has 0 bridgehead atoms. The summed E-state index contributed by atoms with van der Waals surface area (Å²) < 4.78 is 11.1. The van der Waals surface area contributed by atoms with Gasteiger partial charge in [0.15, 0.2) is 0 Å². The zero-order chi connectivity index (χ0) is 19.1. The van der Waals surface area contributed by atoms with Gasteiger partial charge in [-0.05, 0) is 49.7 Å². The fraction of sp³-hybridized carbons (Fsp3) is 0.182. The van der Waals surface area contributed by atoms with Crippen LogP contribution < -0.4 is 14.8 Å². The maximum Gasteiger partial charge on any atom is 0.228 e. The molecule has 0 saturated heterocycles. The molecule has 5 nitrogen and oxygen atoms in total. The highest BCUT2D eigenvalue weighted by Crippen LogP contribution is 2.21. The molecular formula is C22H22N2O3. The fourth-order valence-corrected chi connectivity index (χ4v) is 2.50. The largest absolute Gasteiger partial charge is 0.494 e. The van der Waals surface area contributed by atoms with Gasteiger partial charge in [-0.3, -0.25) is 4.79 Å². The molecule has 0 aliphatic rings. The standard InChI is InChI=1S/C22H22N2O3/c1-3-26-19-11-6-17(7-12-19)14-21(25)24-18-8-13-22(23-15-18)27-20-9-4-16(2)5-10-20/h4-13,15H,3,14H2,1-2H3,(H,24,25). The van der Waals surface area contributed by atoms with Crippen LogP contribution in [0.1, 0.15) is 18.1 Å². The number of aromatic nitrogens is 1. The van der Waals surface area contributed by atoms with Gasteiger partial charge in [0.05, 0.1) is 24.9 Å². The van der Waals surface area contributed by atoms with Crippen LogP contribution in [0.5, 0.6) is 17.4 Å². The van der Waals surface area contributed by atoms with Gasteiger partial charge in [-0.15, -0.1) is 0 Å². The normalized spacial score (nSPS) is 10.3. The fourth-order valence-electron chi connectivity index (χ4n) is 2.50. The van der Waals surface area contributed by atoms with E-state index in [9.17, 15) is 4.79 Å². The summed E-state index contributed by atoms with van der Waals surface area (Å²) in [7, 11) is 0. The van der Waals surface area contributed by atoms with Crippen molar-refractivity contribution >= 4 is 11.6 Å². The predicted molar refractivity (Wildman–Crippen MR) is 105 cm³/mol. The maximum absolute atomic E-state index is 12.2. The third kappa shape index (κ3) is 5.57. The molecule has 3 aromatic rings. The van der Waals surface area contributed by atoms with Gasteiger partial charge in [0.1, 0.15) is 11.5 Å². The Hall–Kier alpha value is -3.34. The van der Waals surface area contributed by atoms with Crippen LogP contribution in [-0.4, -0.2) is 17.5 Å². The van der Waals surface area contributed by atoms with Gasteiger partial charge in [0.25, 0.3) is 0 Å². The molecule has 3 rings (SSSR count). The Morgan fingerprint density at radius 3 is 2.30 bits per heavy atom. The van der Waals surface area contributed by atoms with E-state index in [0.717, 1.165) is 17.1 Å². The Kier molecular flexibility index (Phi) is 6.05. The second-order valence-electron chi connectivity index (χ2n) is 6.10. The first-order valence-corrected chi connectivity index (χ1v) is 8.84. The molecule has 1 N–H and O–H groups in total. The monoisotopic (exact) mass is 362 g/mol. The van der Waals surface area contributed by atoms with E-state index in [-0.39, 0.29) is 12.3 Å². The van der Waals surface area contributed by atoms with E-state index in [4.69, 9.17) is 9.47 Å². The predicted octanol–water partition coefficient (Wildman–Crippen LogP) is 4.76. The number of hydrogen-bond donors (Lipinski definition) is 1. The number of carbonyl (C=O) groups excluding carboxylic acids is 1. The van der Waals surface area contributed by atoms with Crippen LogP contribution in [0.2, 0.25) is 0 Å². The Labute approximate surface area is 159 Å². The summed E-state index contributed by atoms with van der Waals surface area (Å²) in [5.41, 5.74) is 2.71. The van der Waals surface area contributed by atoms with Crippen LogP contribution in [0.25, 0.3) is 0 Å². The van der Waals surface area contributed by atoms with Crippen molar-refractivity contribution in [2.75, 3.05) is 11.9 Å². The van der Waals surface area contributed by atoms with Crippen molar-refractivity contribution in [1.29, 1.82) is 0 Å². The van der Waals surface area contributed by atoms with Crippen molar-refractivity contribution in [3.05, 3.63) is 78.0 Å². The van der Waals surface area contributed by atoms with Gasteiger partial charge in [0, 0.05) is 6.07 Å². The number of nitrogens with zero attached hydrogens (tertiary/aromatic N) is 1. The lowest BCUT2D eigenvalue weighted by Gasteiger charge is -2.08. The highest BCUT2D eigenvalue weighted by Gasteiger charge is 2.06. The average Bonchev–Trinajstić information content (AvgIpc) is 2.67. The van der Waals surface area contributed by atoms with Crippen molar-refractivity contribution in [2.45, 2.75) is 20.3 Å². The number of ether oxygens (including phenoxy) is 2. The van der Waals surface area contributed by atoms with Crippen LogP contribution in [0.15, 0.2) is 66.9 Å². The third-order valence-corrected chi connectivity index (χ3v) is 3.86. The van der Waals surface area contributed by atoms with Crippen LogP contribution in [0.4, 0.5) is 5.69 Å². The van der Waals surface area contributed by atoms with E-state index in [1.807, 2.05) is 62.4 Å². The minimum absolute atomic E-state index is 0.104. The summed E-state index contributed by atoms with van der Waals surface area (Å²) in [5.74, 6) is 1.90. The van der Waals surface area contributed by atoms with Gasteiger partial charge in [-0.25, -0.2) is 4.98 Å². The highest BCUT2D eigenvalue weighted by molar-refractivity contribution is 5.92. The van der Waals surface area contributed by atoms with Gasteiger partial charge >= 0.3 is 0 Å². The van der Waals surface area contributed by atoms with Crippen LogP contribution >= 0.6 is 0 Å². The Morgan fingerprint density at radius 1 is 0.963 bits per heavy atom. The summed E-state index contributed by atoms with van der Waals surface area (Å²) in [4.78, 5) is 16.4. The van der Waals surface area contributed by atoms with Crippen LogP contribution in [0.3, 0.4) is 0 Å². The van der Waals surface area contributed by atoms with Crippen molar-refractivity contribution in [2.24, 2.45) is 0 Å². The quantitative estimate of drug-likeness (QED) is 0.658. The molecule has 1 heterocycles. The first kappa shape index (κ1) is 18.5. The maximum atomic E-state index is 12.2. The van der Waals surface area contributed by atoms with Gasteiger partial charge < -0.3 is 14.8 Å². The smallest absolute Gasteiger partial charge is 0.228 e. The number of carbonyl (C=O) groups is 1. The molecule has 5 heteroatoms. The zero-order valence-electron chi connectivity index (χ0n) is 15.4. The van der Waals surface area contributed by atoms with Crippen molar-refractivity contribution in [3.63, 3.8) is 0 Å². The molecule has 0 aliphatic heterocycles. The molecule has 0 radical (unpaired) electrons. The minimum Gasteiger partial charge on any atom is -0.494 e. The van der Waals surface area contributed by atoms with Crippen molar-refractivity contribution < 1.29 is 14.3 Å². The lowest BCUT2D eigenvalue weighted by Crippen LogP contribution is -2.14. The molecule has 1 amide bonds. The van der Waals surface area contributed by atoms with E-state index in [0.29, 0.717) is 18.2 Å². The number of pyridine rings is 1. The molecule has 0 unspecified atom stereocenters. The third-order valence-electron chi connectivity index (χ3n) is 3.86. The van der Waals surface area contributed by atoms with Crippen LogP contribution in [0, 0.1) is 6.92 Å². The lowest BCUT2D eigenvalue weighted by molar-refractivity contribution is -0.115. The Bertz CT molecular complexity index is 873. The number of amides is 1. The number of rotatable bonds is 7.